The molecular formula is C25H30N4O3S. The topological polar surface area (TPSA) is 71.7 Å². The molecular weight excluding hydrogens is 436 g/mol. The van der Waals surface area contributed by atoms with Crippen LogP contribution in [0.4, 0.5) is 0 Å². The summed E-state index contributed by atoms with van der Waals surface area (Å²) in [5, 5.41) is 4.02. The van der Waals surface area contributed by atoms with Crippen molar-refractivity contribution >= 4 is 17.7 Å². The number of rotatable bonds is 7. The van der Waals surface area contributed by atoms with Gasteiger partial charge in [-0.3, -0.25) is 9.69 Å². The number of thioether (sulfide) groups is 1. The highest BCUT2D eigenvalue weighted by atomic mass is 32.2. The summed E-state index contributed by atoms with van der Waals surface area (Å²) in [4.78, 5) is 22.9. The van der Waals surface area contributed by atoms with Gasteiger partial charge in [0.05, 0.1) is 18.4 Å². The fourth-order valence-electron chi connectivity index (χ4n) is 3.88. The van der Waals surface area contributed by atoms with Crippen LogP contribution >= 0.6 is 11.8 Å². The van der Waals surface area contributed by atoms with Gasteiger partial charge >= 0.3 is 0 Å². The molecule has 1 aliphatic heterocycles. The van der Waals surface area contributed by atoms with Crippen LogP contribution in [0.5, 0.6) is 5.75 Å². The Bertz CT molecular complexity index is 1060. The van der Waals surface area contributed by atoms with Crippen LogP contribution in [0.25, 0.3) is 11.4 Å². The summed E-state index contributed by atoms with van der Waals surface area (Å²) >= 11 is 1.58. The van der Waals surface area contributed by atoms with E-state index in [-0.39, 0.29) is 17.2 Å². The zero-order chi connectivity index (χ0) is 23.4. The van der Waals surface area contributed by atoms with Gasteiger partial charge in [0.15, 0.2) is 0 Å². The van der Waals surface area contributed by atoms with Gasteiger partial charge in [-0.1, -0.05) is 35.0 Å². The van der Waals surface area contributed by atoms with Gasteiger partial charge in [-0.2, -0.15) is 4.98 Å². The van der Waals surface area contributed by atoms with Gasteiger partial charge in [0.1, 0.15) is 5.75 Å². The molecule has 0 bridgehead atoms. The maximum Gasteiger partial charge on any atom is 0.244 e. The molecule has 0 spiro atoms. The molecule has 3 aromatic rings. The largest absolute Gasteiger partial charge is 0.497 e. The SMILES string of the molecule is COc1ccc(SC(C)C(=O)N2CCN(C(C)c3nc(-c4ccc(C)cc4)no3)CC2)cc1. The van der Waals surface area contributed by atoms with E-state index in [1.165, 1.54) is 5.56 Å². The number of aryl methyl sites for hydroxylation is 1. The monoisotopic (exact) mass is 466 g/mol. The van der Waals surface area contributed by atoms with Crippen molar-refractivity contribution in [3.8, 4) is 17.1 Å². The van der Waals surface area contributed by atoms with Crippen molar-refractivity contribution < 1.29 is 14.1 Å². The average Bonchev–Trinajstić information content (AvgIpc) is 3.34. The van der Waals surface area contributed by atoms with Gasteiger partial charge in [0, 0.05) is 36.6 Å². The van der Waals surface area contributed by atoms with Gasteiger partial charge in [0.2, 0.25) is 17.6 Å². The van der Waals surface area contributed by atoms with Crippen molar-refractivity contribution in [2.75, 3.05) is 33.3 Å². The van der Waals surface area contributed by atoms with Crippen LogP contribution < -0.4 is 4.74 Å². The third-order valence-corrected chi connectivity index (χ3v) is 7.10. The Balaban J connectivity index is 1.30. The van der Waals surface area contributed by atoms with Gasteiger partial charge < -0.3 is 14.2 Å². The second-order valence-electron chi connectivity index (χ2n) is 8.30. The van der Waals surface area contributed by atoms with Crippen molar-refractivity contribution in [1.29, 1.82) is 0 Å². The summed E-state index contributed by atoms with van der Waals surface area (Å²) in [5.41, 5.74) is 2.14. The molecule has 8 heteroatoms. The first-order valence-electron chi connectivity index (χ1n) is 11.2. The summed E-state index contributed by atoms with van der Waals surface area (Å²) in [5.74, 6) is 2.20. The van der Waals surface area contributed by atoms with E-state index in [2.05, 4.69) is 28.9 Å². The summed E-state index contributed by atoms with van der Waals surface area (Å²) in [7, 11) is 1.65. The molecule has 1 saturated heterocycles. The van der Waals surface area contributed by atoms with Crippen LogP contribution in [0, 0.1) is 6.92 Å². The van der Waals surface area contributed by atoms with Crippen LogP contribution in [-0.4, -0.2) is 64.4 Å². The maximum absolute atomic E-state index is 13.0. The molecule has 1 amide bonds. The van der Waals surface area contributed by atoms with Gasteiger partial charge in [-0.15, -0.1) is 11.8 Å². The molecule has 2 aromatic carbocycles. The smallest absolute Gasteiger partial charge is 0.244 e. The van der Waals surface area contributed by atoms with Crippen molar-refractivity contribution in [3.05, 3.63) is 60.0 Å². The molecule has 0 N–H and O–H groups in total. The number of benzene rings is 2. The lowest BCUT2D eigenvalue weighted by molar-refractivity contribution is -0.132. The van der Waals surface area contributed by atoms with E-state index in [9.17, 15) is 4.79 Å². The number of amides is 1. The molecule has 7 nitrogen and oxygen atoms in total. The van der Waals surface area contributed by atoms with Crippen molar-refractivity contribution in [2.45, 2.75) is 37.0 Å². The number of aromatic nitrogens is 2. The zero-order valence-electron chi connectivity index (χ0n) is 19.5. The Morgan fingerprint density at radius 1 is 1.03 bits per heavy atom. The Morgan fingerprint density at radius 3 is 2.33 bits per heavy atom. The molecule has 0 radical (unpaired) electrons. The van der Waals surface area contributed by atoms with Crippen LogP contribution in [0.2, 0.25) is 0 Å². The number of nitrogens with zero attached hydrogens (tertiary/aromatic N) is 4. The Hall–Kier alpha value is -2.84. The number of hydrogen-bond donors (Lipinski definition) is 0. The number of carbonyl (C=O) groups is 1. The number of methoxy groups -OCH3 is 1. The van der Waals surface area contributed by atoms with Gasteiger partial charge in [0.25, 0.3) is 0 Å². The lowest BCUT2D eigenvalue weighted by Gasteiger charge is -2.37. The quantitative estimate of drug-likeness (QED) is 0.477. The molecule has 0 saturated carbocycles. The molecule has 174 valence electrons. The zero-order valence-corrected chi connectivity index (χ0v) is 20.3. The van der Waals surface area contributed by atoms with Gasteiger partial charge in [-0.25, -0.2) is 0 Å². The molecule has 2 heterocycles. The van der Waals surface area contributed by atoms with E-state index in [4.69, 9.17) is 9.26 Å². The fraction of sp³-hybridized carbons (Fsp3) is 0.400. The number of hydrogen-bond acceptors (Lipinski definition) is 7. The third kappa shape index (κ3) is 5.57. The Morgan fingerprint density at radius 2 is 1.70 bits per heavy atom. The van der Waals surface area contributed by atoms with Crippen molar-refractivity contribution in [3.63, 3.8) is 0 Å². The van der Waals surface area contributed by atoms with E-state index in [0.717, 1.165) is 29.3 Å². The molecule has 1 fully saturated rings. The highest BCUT2D eigenvalue weighted by Crippen LogP contribution is 2.28. The molecule has 1 aromatic heterocycles. The average molecular weight is 467 g/mol. The van der Waals surface area contributed by atoms with E-state index in [1.54, 1.807) is 18.9 Å². The summed E-state index contributed by atoms with van der Waals surface area (Å²) in [6.07, 6.45) is 0. The Labute approximate surface area is 199 Å². The number of carbonyl (C=O) groups excluding carboxylic acids is 1. The van der Waals surface area contributed by atoms with E-state index in [0.29, 0.717) is 24.8 Å². The molecule has 4 rings (SSSR count). The summed E-state index contributed by atoms with van der Waals surface area (Å²) in [6.45, 7) is 9.02. The first kappa shape index (κ1) is 23.3. The minimum atomic E-state index is -0.143. The third-order valence-electron chi connectivity index (χ3n) is 6.00. The maximum atomic E-state index is 13.0. The number of ether oxygens (including phenoxy) is 1. The predicted molar refractivity (Wildman–Crippen MR) is 129 cm³/mol. The minimum absolute atomic E-state index is 0.0000444. The highest BCUT2D eigenvalue weighted by Gasteiger charge is 2.29. The van der Waals surface area contributed by atoms with Crippen LogP contribution in [0.15, 0.2) is 57.9 Å². The van der Waals surface area contributed by atoms with Crippen molar-refractivity contribution in [2.24, 2.45) is 0 Å². The first-order chi connectivity index (χ1) is 15.9. The van der Waals surface area contributed by atoms with Crippen LogP contribution in [0.3, 0.4) is 0 Å². The predicted octanol–water partition coefficient (Wildman–Crippen LogP) is 4.44. The molecule has 0 aliphatic carbocycles. The minimum Gasteiger partial charge on any atom is -0.497 e. The lowest BCUT2D eigenvalue weighted by Crippen LogP contribution is -2.51. The fourth-order valence-corrected chi connectivity index (χ4v) is 4.83. The van der Waals surface area contributed by atoms with E-state index in [1.807, 2.05) is 60.4 Å². The lowest BCUT2D eigenvalue weighted by atomic mass is 10.1. The molecule has 2 unspecified atom stereocenters. The standard InChI is InChI=1S/C25H30N4O3S/c1-17-5-7-20(8-6-17)23-26-24(32-27-23)18(2)28-13-15-29(16-14-28)25(30)19(3)33-22-11-9-21(31-4)10-12-22/h5-12,18-19H,13-16H2,1-4H3. The molecule has 33 heavy (non-hydrogen) atoms. The van der Waals surface area contributed by atoms with Crippen LogP contribution in [0.1, 0.15) is 31.3 Å². The Kier molecular flexibility index (Phi) is 7.35. The second kappa shape index (κ2) is 10.4. The highest BCUT2D eigenvalue weighted by molar-refractivity contribution is 8.00. The molecule has 1 aliphatic rings. The summed E-state index contributed by atoms with van der Waals surface area (Å²) in [6, 6.07) is 15.9. The number of piperazine rings is 1. The first-order valence-corrected chi connectivity index (χ1v) is 12.1. The van der Waals surface area contributed by atoms with E-state index < -0.39 is 0 Å². The second-order valence-corrected chi connectivity index (χ2v) is 9.71. The molecule has 2 atom stereocenters. The van der Waals surface area contributed by atoms with Crippen molar-refractivity contribution in [1.82, 2.24) is 19.9 Å². The normalized spacial score (nSPS) is 16.4. The summed E-state index contributed by atoms with van der Waals surface area (Å²) < 4.78 is 10.8. The van der Waals surface area contributed by atoms with Gasteiger partial charge in [-0.05, 0) is 45.0 Å². The van der Waals surface area contributed by atoms with Crippen LogP contribution in [-0.2, 0) is 4.79 Å². The van der Waals surface area contributed by atoms with E-state index >= 15 is 0 Å².